The summed E-state index contributed by atoms with van der Waals surface area (Å²) in [6.45, 7) is 0.403. The predicted octanol–water partition coefficient (Wildman–Crippen LogP) is 5.40. The van der Waals surface area contributed by atoms with Crippen molar-refractivity contribution in [3.05, 3.63) is 76.4 Å². The Balaban J connectivity index is 1.47. The van der Waals surface area contributed by atoms with Crippen LogP contribution in [0.15, 0.2) is 60.7 Å². The van der Waals surface area contributed by atoms with Crippen molar-refractivity contribution in [3.8, 4) is 10.4 Å². The van der Waals surface area contributed by atoms with Crippen molar-refractivity contribution in [2.75, 3.05) is 21.9 Å². The van der Waals surface area contributed by atoms with Gasteiger partial charge < -0.3 is 5.32 Å². The first kappa shape index (κ1) is 21.5. The van der Waals surface area contributed by atoms with Crippen molar-refractivity contribution >= 4 is 56.3 Å². The molecule has 0 atom stereocenters. The summed E-state index contributed by atoms with van der Waals surface area (Å²) >= 11 is 7.55. The average Bonchev–Trinajstić information content (AvgIpc) is 3.34. The average molecular weight is 477 g/mol. The van der Waals surface area contributed by atoms with Gasteiger partial charge in [0.1, 0.15) is 5.82 Å². The molecule has 1 N–H and O–H groups in total. The minimum Gasteiger partial charge on any atom is -0.321 e. The van der Waals surface area contributed by atoms with Crippen LogP contribution in [0.5, 0.6) is 0 Å². The van der Waals surface area contributed by atoms with Crippen LogP contribution in [0.3, 0.4) is 0 Å². The zero-order valence-corrected chi connectivity index (χ0v) is 18.6. The van der Waals surface area contributed by atoms with Gasteiger partial charge in [0, 0.05) is 27.9 Å². The minimum atomic E-state index is -3.33. The summed E-state index contributed by atoms with van der Waals surface area (Å²) in [5, 5.41) is 2.99. The summed E-state index contributed by atoms with van der Waals surface area (Å²) in [4.78, 5) is 13.9. The summed E-state index contributed by atoms with van der Waals surface area (Å²) in [5.74, 6) is -0.605. The number of nitrogens with one attached hydrogen (secondary N) is 1. The van der Waals surface area contributed by atoms with E-state index in [9.17, 15) is 17.6 Å². The number of sulfonamides is 1. The molecule has 0 spiro atoms. The lowest BCUT2D eigenvalue weighted by atomic mass is 10.2. The number of carbonyl (C=O) groups is 1. The second kappa shape index (κ2) is 8.82. The second-order valence-corrected chi connectivity index (χ2v) is 10.4. The molecule has 0 unspecified atom stereocenters. The number of carbonyl (C=O) groups excluding carboxylic acids is 1. The Morgan fingerprint density at radius 3 is 2.71 bits per heavy atom. The topological polar surface area (TPSA) is 66.5 Å². The quantitative estimate of drug-likeness (QED) is 0.501. The van der Waals surface area contributed by atoms with E-state index >= 15 is 0 Å². The highest BCUT2D eigenvalue weighted by molar-refractivity contribution is 7.93. The third-order valence-corrected chi connectivity index (χ3v) is 8.04. The number of halogens is 2. The van der Waals surface area contributed by atoms with Crippen molar-refractivity contribution in [2.24, 2.45) is 0 Å². The van der Waals surface area contributed by atoms with Crippen LogP contribution >= 0.6 is 22.9 Å². The van der Waals surface area contributed by atoms with Crippen molar-refractivity contribution < 1.29 is 17.6 Å². The maximum atomic E-state index is 13.9. The maximum Gasteiger partial charge on any atom is 0.248 e. The molecule has 1 aliphatic rings. The van der Waals surface area contributed by atoms with Crippen LogP contribution in [0.2, 0.25) is 5.02 Å². The molecule has 4 rings (SSSR count). The summed E-state index contributed by atoms with van der Waals surface area (Å²) in [6.07, 6.45) is 3.55. The lowest BCUT2D eigenvalue weighted by Crippen LogP contribution is -2.25. The number of hydrogen-bond acceptors (Lipinski definition) is 4. The number of benzene rings is 2. The van der Waals surface area contributed by atoms with E-state index in [4.69, 9.17) is 11.6 Å². The molecule has 9 heteroatoms. The molecule has 5 nitrogen and oxygen atoms in total. The fourth-order valence-corrected chi connectivity index (χ4v) is 5.93. The van der Waals surface area contributed by atoms with Gasteiger partial charge in [-0.2, -0.15) is 0 Å². The third kappa shape index (κ3) is 4.81. The van der Waals surface area contributed by atoms with E-state index in [2.05, 4.69) is 5.32 Å². The lowest BCUT2D eigenvalue weighted by Gasteiger charge is -2.18. The molecule has 0 saturated carbocycles. The van der Waals surface area contributed by atoms with Crippen LogP contribution in [-0.2, 0) is 14.8 Å². The Hall–Kier alpha value is -2.68. The Kier molecular flexibility index (Phi) is 6.13. The van der Waals surface area contributed by atoms with Gasteiger partial charge >= 0.3 is 0 Å². The summed E-state index contributed by atoms with van der Waals surface area (Å²) in [6, 6.07) is 14.9. The van der Waals surface area contributed by atoms with Crippen molar-refractivity contribution in [1.82, 2.24) is 0 Å². The Labute approximate surface area is 188 Å². The smallest absolute Gasteiger partial charge is 0.248 e. The highest BCUT2D eigenvalue weighted by atomic mass is 35.5. The zero-order valence-electron chi connectivity index (χ0n) is 16.2. The number of rotatable bonds is 5. The first-order valence-corrected chi connectivity index (χ1v) is 12.3. The highest BCUT2D eigenvalue weighted by Gasteiger charge is 2.28. The first-order valence-electron chi connectivity index (χ1n) is 9.47. The monoisotopic (exact) mass is 476 g/mol. The van der Waals surface area contributed by atoms with Crippen molar-refractivity contribution in [2.45, 2.75) is 6.42 Å². The van der Waals surface area contributed by atoms with E-state index in [1.807, 2.05) is 6.07 Å². The molecule has 1 aromatic heterocycles. The van der Waals surface area contributed by atoms with Gasteiger partial charge in [-0.3, -0.25) is 9.10 Å². The van der Waals surface area contributed by atoms with E-state index in [1.54, 1.807) is 48.5 Å². The number of amides is 1. The molecule has 1 aliphatic heterocycles. The zero-order chi connectivity index (χ0) is 22.0. The molecule has 0 aliphatic carbocycles. The summed E-state index contributed by atoms with van der Waals surface area (Å²) < 4.78 is 39.5. The first-order chi connectivity index (χ1) is 14.8. The van der Waals surface area contributed by atoms with Crippen molar-refractivity contribution in [3.63, 3.8) is 0 Å². The third-order valence-electron chi connectivity index (χ3n) is 4.76. The molecule has 0 radical (unpaired) electrons. The number of anilines is 2. The Morgan fingerprint density at radius 2 is 1.97 bits per heavy atom. The van der Waals surface area contributed by atoms with Gasteiger partial charge in [-0.15, -0.1) is 11.3 Å². The normalized spacial score (nSPS) is 15.5. The molecule has 1 amide bonds. The van der Waals surface area contributed by atoms with E-state index in [0.717, 1.165) is 9.75 Å². The molecular formula is C22H18ClFN2O3S2. The summed E-state index contributed by atoms with van der Waals surface area (Å²) in [5.41, 5.74) is 1.31. The van der Waals surface area contributed by atoms with Crippen molar-refractivity contribution in [1.29, 1.82) is 0 Å². The SMILES string of the molecule is O=C(/C=C/c1ccc(-c2ccccc2F)s1)Nc1cc(N2CCCS2(=O)=O)ccc1Cl. The van der Waals surface area contributed by atoms with E-state index in [1.165, 1.54) is 27.8 Å². The van der Waals surface area contributed by atoms with Crippen LogP contribution < -0.4 is 9.62 Å². The molecular weight excluding hydrogens is 459 g/mol. The van der Waals surface area contributed by atoms with Crippen LogP contribution in [0.4, 0.5) is 15.8 Å². The molecule has 3 aromatic rings. The Morgan fingerprint density at radius 1 is 1.16 bits per heavy atom. The van der Waals surface area contributed by atoms with E-state index in [0.29, 0.717) is 34.9 Å². The number of nitrogens with zero attached hydrogens (tertiary/aromatic N) is 1. The van der Waals surface area contributed by atoms with Gasteiger partial charge in [-0.1, -0.05) is 29.8 Å². The van der Waals surface area contributed by atoms with Gasteiger partial charge in [0.2, 0.25) is 15.9 Å². The van der Waals surface area contributed by atoms with Gasteiger partial charge in [-0.25, -0.2) is 12.8 Å². The number of thiophene rings is 1. The number of hydrogen-bond donors (Lipinski definition) is 1. The molecule has 2 heterocycles. The summed E-state index contributed by atoms with van der Waals surface area (Å²) in [7, 11) is -3.33. The molecule has 2 aromatic carbocycles. The van der Waals surface area contributed by atoms with Gasteiger partial charge in [0.05, 0.1) is 22.2 Å². The van der Waals surface area contributed by atoms with Crippen LogP contribution in [0, 0.1) is 5.82 Å². The fourth-order valence-electron chi connectivity index (χ4n) is 3.27. The van der Waals surface area contributed by atoms with E-state index in [-0.39, 0.29) is 11.6 Å². The second-order valence-electron chi connectivity index (χ2n) is 6.91. The molecule has 160 valence electrons. The van der Waals surface area contributed by atoms with Crippen LogP contribution in [0.25, 0.3) is 16.5 Å². The van der Waals surface area contributed by atoms with Crippen LogP contribution in [-0.4, -0.2) is 26.6 Å². The molecule has 31 heavy (non-hydrogen) atoms. The predicted molar refractivity (Wildman–Crippen MR) is 125 cm³/mol. The lowest BCUT2D eigenvalue weighted by molar-refractivity contribution is -0.111. The Bertz CT molecular complexity index is 1270. The molecule has 1 fully saturated rings. The molecule has 1 saturated heterocycles. The van der Waals surface area contributed by atoms with Crippen LogP contribution in [0.1, 0.15) is 11.3 Å². The van der Waals surface area contributed by atoms with Gasteiger partial charge in [0.25, 0.3) is 0 Å². The van der Waals surface area contributed by atoms with E-state index < -0.39 is 15.9 Å². The largest absolute Gasteiger partial charge is 0.321 e. The minimum absolute atomic E-state index is 0.107. The molecule has 0 bridgehead atoms. The van der Waals surface area contributed by atoms with Gasteiger partial charge in [0.15, 0.2) is 0 Å². The fraction of sp³-hybridized carbons (Fsp3) is 0.136. The van der Waals surface area contributed by atoms with Gasteiger partial charge in [-0.05, 0) is 48.9 Å². The highest BCUT2D eigenvalue weighted by Crippen LogP contribution is 2.32. The maximum absolute atomic E-state index is 13.9. The standard InChI is InChI=1S/C22H18ClFN2O3S2/c23-18-9-6-15(26-12-3-13-31(26,28)29)14-20(18)25-22(27)11-8-16-7-10-21(30-16)17-4-1-2-5-19(17)24/h1-2,4-11,14H,3,12-13H2,(H,25,27)/b11-8+.